The molecule has 0 radical (unpaired) electrons. The summed E-state index contributed by atoms with van der Waals surface area (Å²) in [5, 5.41) is 3.96. The molecule has 0 saturated carbocycles. The van der Waals surface area contributed by atoms with Crippen molar-refractivity contribution in [3.63, 3.8) is 0 Å². The fourth-order valence-electron chi connectivity index (χ4n) is 4.16. The summed E-state index contributed by atoms with van der Waals surface area (Å²) in [6.07, 6.45) is 0. The fraction of sp³-hybridized carbons (Fsp3) is 0.0714. The van der Waals surface area contributed by atoms with Gasteiger partial charge in [-0.1, -0.05) is 59.6 Å². The lowest BCUT2D eigenvalue weighted by atomic mass is 10.1. The average molecular weight is 551 g/mol. The highest BCUT2D eigenvalue weighted by molar-refractivity contribution is 7.91. The van der Waals surface area contributed by atoms with Gasteiger partial charge in [-0.3, -0.25) is 9.59 Å². The van der Waals surface area contributed by atoms with E-state index in [1.54, 1.807) is 60.7 Å². The van der Waals surface area contributed by atoms with Gasteiger partial charge in [0.1, 0.15) is 0 Å². The van der Waals surface area contributed by atoms with Crippen LogP contribution in [0.15, 0.2) is 101 Å². The molecule has 2 amide bonds. The lowest BCUT2D eigenvalue weighted by molar-refractivity contribution is 0.0947. The summed E-state index contributed by atoms with van der Waals surface area (Å²) in [5.41, 5.74) is 2.03. The molecule has 186 valence electrons. The Morgan fingerprint density at radius 2 is 1.41 bits per heavy atom. The first kappa shape index (κ1) is 25.0. The van der Waals surface area contributed by atoms with Gasteiger partial charge < -0.3 is 10.2 Å². The maximum Gasteiger partial charge on any atom is 0.259 e. The molecule has 0 aliphatic carbocycles. The van der Waals surface area contributed by atoms with Crippen molar-refractivity contribution in [3.05, 3.63) is 123 Å². The molecule has 0 spiro atoms. The number of sulfone groups is 1. The molecule has 4 aromatic carbocycles. The van der Waals surface area contributed by atoms with E-state index in [1.807, 2.05) is 0 Å². The maximum absolute atomic E-state index is 13.7. The molecule has 1 aliphatic rings. The normalized spacial score (nSPS) is 13.9. The summed E-state index contributed by atoms with van der Waals surface area (Å²) in [6, 6.07) is 24.4. The Balaban J connectivity index is 1.56. The highest BCUT2D eigenvalue weighted by Crippen LogP contribution is 2.38. The van der Waals surface area contributed by atoms with Gasteiger partial charge in [0, 0.05) is 22.2 Å². The quantitative estimate of drug-likeness (QED) is 0.334. The molecule has 6 nitrogen and oxygen atoms in total. The lowest BCUT2D eigenvalue weighted by Crippen LogP contribution is -2.31. The van der Waals surface area contributed by atoms with Gasteiger partial charge >= 0.3 is 0 Å². The van der Waals surface area contributed by atoms with E-state index in [0.29, 0.717) is 10.0 Å². The first-order valence-electron chi connectivity index (χ1n) is 11.3. The number of hydrogen-bond donors (Lipinski definition) is 1. The number of fused-ring (bicyclic) bond motifs is 2. The van der Waals surface area contributed by atoms with E-state index in [1.165, 1.54) is 35.2 Å². The predicted molar refractivity (Wildman–Crippen MR) is 143 cm³/mol. The Morgan fingerprint density at radius 3 is 2.08 bits per heavy atom. The number of halogens is 2. The van der Waals surface area contributed by atoms with E-state index in [2.05, 4.69) is 5.32 Å². The summed E-state index contributed by atoms with van der Waals surface area (Å²) >= 11 is 11.9. The zero-order valence-corrected chi connectivity index (χ0v) is 21.6. The van der Waals surface area contributed by atoms with Crippen LogP contribution in [0.2, 0.25) is 10.0 Å². The number of hydrogen-bond acceptors (Lipinski definition) is 4. The summed E-state index contributed by atoms with van der Waals surface area (Å²) in [6.45, 7) is 0.340. The number of carbonyl (C=O) groups excluding carboxylic acids is 2. The van der Waals surface area contributed by atoms with E-state index < -0.39 is 21.7 Å². The van der Waals surface area contributed by atoms with Crippen molar-refractivity contribution in [3.8, 4) is 0 Å². The van der Waals surface area contributed by atoms with Crippen LogP contribution in [-0.2, 0) is 22.9 Å². The molecule has 1 aliphatic heterocycles. The molecule has 9 heteroatoms. The van der Waals surface area contributed by atoms with Gasteiger partial charge in [-0.2, -0.15) is 0 Å². The van der Waals surface area contributed by atoms with Crippen LogP contribution in [0.3, 0.4) is 0 Å². The second-order valence-electron chi connectivity index (χ2n) is 8.51. The maximum atomic E-state index is 13.7. The van der Waals surface area contributed by atoms with Crippen LogP contribution in [0.4, 0.5) is 5.69 Å². The molecular weight excluding hydrogens is 531 g/mol. The summed E-state index contributed by atoms with van der Waals surface area (Å²) in [5.74, 6) is -0.887. The number of anilines is 1. The van der Waals surface area contributed by atoms with Crippen molar-refractivity contribution >= 4 is 50.5 Å². The van der Waals surface area contributed by atoms with Crippen LogP contribution < -0.4 is 10.2 Å². The lowest BCUT2D eigenvalue weighted by Gasteiger charge is -2.23. The third-order valence-corrected chi connectivity index (χ3v) is 8.44. The number of amides is 2. The molecule has 0 bridgehead atoms. The minimum atomic E-state index is -4.03. The van der Waals surface area contributed by atoms with E-state index >= 15 is 0 Å². The van der Waals surface area contributed by atoms with Crippen LogP contribution in [0.1, 0.15) is 31.8 Å². The molecule has 0 fully saturated rings. The van der Waals surface area contributed by atoms with Crippen LogP contribution in [-0.4, -0.2) is 20.2 Å². The summed E-state index contributed by atoms with van der Waals surface area (Å²) in [4.78, 5) is 28.0. The Kier molecular flexibility index (Phi) is 6.77. The smallest absolute Gasteiger partial charge is 0.259 e. The van der Waals surface area contributed by atoms with E-state index in [-0.39, 0.29) is 39.7 Å². The summed E-state index contributed by atoms with van der Waals surface area (Å²) < 4.78 is 27.2. The molecule has 1 heterocycles. The number of nitrogens with one attached hydrogen (secondary N) is 1. The van der Waals surface area contributed by atoms with Gasteiger partial charge in [-0.05, 0) is 65.7 Å². The highest BCUT2D eigenvalue weighted by atomic mass is 35.5. The van der Waals surface area contributed by atoms with Crippen molar-refractivity contribution in [2.24, 2.45) is 0 Å². The van der Waals surface area contributed by atoms with Crippen LogP contribution in [0.5, 0.6) is 0 Å². The van der Waals surface area contributed by atoms with Crippen molar-refractivity contribution in [1.82, 2.24) is 5.32 Å². The zero-order valence-electron chi connectivity index (χ0n) is 19.3. The molecule has 37 heavy (non-hydrogen) atoms. The number of nitrogens with zero attached hydrogens (tertiary/aromatic N) is 1. The van der Waals surface area contributed by atoms with Crippen molar-refractivity contribution < 1.29 is 18.0 Å². The first-order valence-corrected chi connectivity index (χ1v) is 13.5. The molecule has 0 saturated heterocycles. The van der Waals surface area contributed by atoms with Gasteiger partial charge in [0.2, 0.25) is 9.84 Å². The van der Waals surface area contributed by atoms with Crippen molar-refractivity contribution in [2.45, 2.75) is 22.9 Å². The van der Waals surface area contributed by atoms with Crippen LogP contribution in [0.25, 0.3) is 0 Å². The second-order valence-corrected chi connectivity index (χ2v) is 11.3. The standard InChI is InChI=1S/C28H20Cl2N2O4S/c29-21-10-5-18(6-11-21)16-31-27(33)20-9-14-26-24(15-20)32(17-19-7-12-22(30)13-8-19)28(34)23-3-1-2-4-25(23)37(26,35)36/h1-15H,16-17H2,(H,31,33). The zero-order chi connectivity index (χ0) is 26.2. The van der Waals surface area contributed by atoms with Crippen molar-refractivity contribution in [2.75, 3.05) is 4.90 Å². The van der Waals surface area contributed by atoms with Crippen LogP contribution in [0, 0.1) is 0 Å². The largest absolute Gasteiger partial charge is 0.348 e. The van der Waals surface area contributed by atoms with Gasteiger partial charge in [0.05, 0.1) is 27.6 Å². The molecular formula is C28H20Cl2N2O4S. The van der Waals surface area contributed by atoms with Gasteiger partial charge in [0.25, 0.3) is 11.8 Å². The minimum absolute atomic E-state index is 0.0472. The molecule has 0 aromatic heterocycles. The van der Waals surface area contributed by atoms with Crippen LogP contribution >= 0.6 is 23.2 Å². The molecule has 0 unspecified atom stereocenters. The van der Waals surface area contributed by atoms with Crippen molar-refractivity contribution in [1.29, 1.82) is 0 Å². The van der Waals surface area contributed by atoms with E-state index in [0.717, 1.165) is 11.1 Å². The predicted octanol–water partition coefficient (Wildman–Crippen LogP) is 5.92. The third-order valence-electron chi connectivity index (χ3n) is 6.07. The highest BCUT2D eigenvalue weighted by Gasteiger charge is 2.36. The van der Waals surface area contributed by atoms with E-state index in [4.69, 9.17) is 23.2 Å². The monoisotopic (exact) mass is 550 g/mol. The Hall–Kier alpha value is -3.65. The third kappa shape index (κ3) is 4.98. The Labute approximate surface area is 224 Å². The average Bonchev–Trinajstić information content (AvgIpc) is 2.97. The molecule has 1 N–H and O–H groups in total. The second kappa shape index (κ2) is 10.0. The van der Waals surface area contributed by atoms with Gasteiger partial charge in [0.15, 0.2) is 0 Å². The summed E-state index contributed by atoms with van der Waals surface area (Å²) in [7, 11) is -4.03. The molecule has 4 aromatic rings. The number of rotatable bonds is 5. The Morgan fingerprint density at radius 1 is 0.784 bits per heavy atom. The fourth-order valence-corrected chi connectivity index (χ4v) is 6.05. The molecule has 0 atom stereocenters. The van der Waals surface area contributed by atoms with Gasteiger partial charge in [-0.25, -0.2) is 8.42 Å². The first-order chi connectivity index (χ1) is 17.7. The number of carbonyl (C=O) groups is 2. The topological polar surface area (TPSA) is 83.6 Å². The van der Waals surface area contributed by atoms with Gasteiger partial charge in [-0.15, -0.1) is 0 Å². The molecule has 5 rings (SSSR count). The Bertz CT molecular complexity index is 1620. The minimum Gasteiger partial charge on any atom is -0.348 e. The SMILES string of the molecule is O=C(NCc1ccc(Cl)cc1)c1ccc2c(c1)N(Cc1ccc(Cl)cc1)C(=O)c1ccccc1S2(=O)=O. The number of benzene rings is 4. The van der Waals surface area contributed by atoms with E-state index in [9.17, 15) is 18.0 Å².